The number of nitrogens with one attached hydrogen (secondary N) is 1. The Morgan fingerprint density at radius 1 is 1.12 bits per heavy atom. The monoisotopic (exact) mass is 551 g/mol. The summed E-state index contributed by atoms with van der Waals surface area (Å²) in [6.07, 6.45) is 3.12. The Morgan fingerprint density at radius 3 is 2.67 bits per heavy atom. The summed E-state index contributed by atoms with van der Waals surface area (Å²) in [4.78, 5) is 21.8. The molecule has 12 heteroatoms. The quantitative estimate of drug-likeness (QED) is 0.318. The second kappa shape index (κ2) is 10.2. The molecule has 4 heterocycles. The highest BCUT2D eigenvalue weighted by Crippen LogP contribution is 2.45. The van der Waals surface area contributed by atoms with Crippen LogP contribution in [0.5, 0.6) is 5.88 Å². The van der Waals surface area contributed by atoms with Gasteiger partial charge in [0.15, 0.2) is 11.5 Å². The van der Waals surface area contributed by atoms with Crippen molar-refractivity contribution in [2.24, 2.45) is 0 Å². The van der Waals surface area contributed by atoms with Gasteiger partial charge in [-0.05, 0) is 43.7 Å². The molecule has 1 fully saturated rings. The number of ether oxygens (including phenoxy) is 1. The van der Waals surface area contributed by atoms with Crippen molar-refractivity contribution in [3.63, 3.8) is 0 Å². The van der Waals surface area contributed by atoms with Gasteiger partial charge < -0.3 is 19.7 Å². The van der Waals surface area contributed by atoms with Gasteiger partial charge >= 0.3 is 6.18 Å². The molecule has 6 rings (SSSR count). The molecule has 3 aromatic heterocycles. The zero-order valence-electron chi connectivity index (χ0n) is 22.0. The molecule has 1 aliphatic carbocycles. The van der Waals surface area contributed by atoms with Crippen LogP contribution in [-0.2, 0) is 25.7 Å². The van der Waals surface area contributed by atoms with E-state index in [2.05, 4.69) is 25.3 Å². The van der Waals surface area contributed by atoms with Crippen LogP contribution in [0, 0.1) is 0 Å². The third-order valence-corrected chi connectivity index (χ3v) is 7.46. The minimum atomic E-state index is -4.50. The van der Waals surface area contributed by atoms with Crippen molar-refractivity contribution < 1.29 is 23.0 Å². The number of halogens is 3. The van der Waals surface area contributed by atoms with Gasteiger partial charge in [0.25, 0.3) is 0 Å². The van der Waals surface area contributed by atoms with Gasteiger partial charge in [0.2, 0.25) is 5.88 Å². The summed E-state index contributed by atoms with van der Waals surface area (Å²) in [7, 11) is 1.54. The predicted molar refractivity (Wildman–Crippen MR) is 141 cm³/mol. The van der Waals surface area contributed by atoms with E-state index in [-0.39, 0.29) is 12.6 Å². The van der Waals surface area contributed by atoms with Crippen molar-refractivity contribution in [3.8, 4) is 28.7 Å². The number of alkyl halides is 3. The number of methoxy groups -OCH3 is 1. The van der Waals surface area contributed by atoms with E-state index in [1.807, 2.05) is 25.1 Å². The minimum Gasteiger partial charge on any atom is -0.480 e. The molecule has 208 valence electrons. The molecule has 1 aliphatic heterocycles. The van der Waals surface area contributed by atoms with Crippen molar-refractivity contribution in [2.75, 3.05) is 12.4 Å². The number of aromatic nitrogens is 6. The summed E-state index contributed by atoms with van der Waals surface area (Å²) >= 11 is 0. The second-order valence-electron chi connectivity index (χ2n) is 10.2. The fourth-order valence-electron chi connectivity index (χ4n) is 5.15. The van der Waals surface area contributed by atoms with Crippen molar-refractivity contribution in [3.05, 3.63) is 65.0 Å². The topological polar surface area (TPSA) is 111 Å². The number of anilines is 1. The third kappa shape index (κ3) is 4.87. The molecule has 2 aliphatic rings. The zero-order chi connectivity index (χ0) is 28.0. The Hall–Kier alpha value is -4.06. The molecule has 0 bridgehead atoms. The van der Waals surface area contributed by atoms with E-state index in [0.29, 0.717) is 65.3 Å². The van der Waals surface area contributed by atoms with Gasteiger partial charge in [-0.25, -0.2) is 24.9 Å². The molecule has 0 saturated heterocycles. The van der Waals surface area contributed by atoms with Crippen LogP contribution in [0.3, 0.4) is 0 Å². The summed E-state index contributed by atoms with van der Waals surface area (Å²) in [5, 5.41) is 13.2. The number of aliphatic hydroxyl groups is 1. The third-order valence-electron chi connectivity index (χ3n) is 7.46. The summed E-state index contributed by atoms with van der Waals surface area (Å²) in [5.74, 6) is 1.91. The van der Waals surface area contributed by atoms with E-state index in [0.717, 1.165) is 35.9 Å². The van der Waals surface area contributed by atoms with Crippen LogP contribution >= 0.6 is 0 Å². The largest absolute Gasteiger partial charge is 0.480 e. The first-order chi connectivity index (χ1) is 19.3. The van der Waals surface area contributed by atoms with Crippen LogP contribution in [0.15, 0.2) is 36.9 Å². The highest BCUT2D eigenvalue weighted by Gasteiger charge is 2.36. The van der Waals surface area contributed by atoms with Gasteiger partial charge in [-0.2, -0.15) is 13.2 Å². The number of nitrogens with zero attached hydrogens (tertiary/aromatic N) is 6. The van der Waals surface area contributed by atoms with Crippen molar-refractivity contribution in [1.82, 2.24) is 29.5 Å². The van der Waals surface area contributed by atoms with Gasteiger partial charge in [0.1, 0.15) is 23.5 Å². The summed E-state index contributed by atoms with van der Waals surface area (Å²) in [6.45, 7) is 2.03. The van der Waals surface area contributed by atoms with E-state index in [1.165, 1.54) is 6.33 Å². The zero-order valence-corrected chi connectivity index (χ0v) is 22.0. The van der Waals surface area contributed by atoms with E-state index < -0.39 is 11.9 Å². The average Bonchev–Trinajstić information content (AvgIpc) is 3.72. The normalized spacial score (nSPS) is 16.7. The summed E-state index contributed by atoms with van der Waals surface area (Å²) < 4.78 is 47.3. The molecule has 0 radical (unpaired) electrons. The average molecular weight is 552 g/mol. The molecule has 1 unspecified atom stereocenters. The lowest BCUT2D eigenvalue weighted by Gasteiger charge is -2.15. The lowest BCUT2D eigenvalue weighted by Crippen LogP contribution is -2.09. The van der Waals surface area contributed by atoms with Crippen molar-refractivity contribution in [2.45, 2.75) is 63.9 Å². The molecule has 9 nitrogen and oxygen atoms in total. The van der Waals surface area contributed by atoms with Crippen LogP contribution < -0.4 is 10.1 Å². The Morgan fingerprint density at radius 2 is 1.95 bits per heavy atom. The molecule has 0 spiro atoms. The number of rotatable bonds is 7. The van der Waals surface area contributed by atoms with Gasteiger partial charge in [-0.1, -0.05) is 18.2 Å². The summed E-state index contributed by atoms with van der Waals surface area (Å²) in [5.41, 5.74) is 3.70. The van der Waals surface area contributed by atoms with E-state index >= 15 is 0 Å². The van der Waals surface area contributed by atoms with Crippen LogP contribution in [-0.4, -0.2) is 41.7 Å². The number of hydrogen-bond donors (Lipinski definition) is 2. The minimum absolute atomic E-state index is 0.112. The molecule has 1 aromatic carbocycles. The molecular formula is C28H28F3N7O2. The number of aliphatic hydroxyl groups excluding tert-OH is 1. The van der Waals surface area contributed by atoms with E-state index in [4.69, 9.17) is 9.72 Å². The fourth-order valence-corrected chi connectivity index (χ4v) is 5.15. The lowest BCUT2D eigenvalue weighted by molar-refractivity contribution is -0.140. The number of fused-ring (bicyclic) bond motifs is 3. The van der Waals surface area contributed by atoms with Gasteiger partial charge in [0.05, 0.1) is 19.4 Å². The van der Waals surface area contributed by atoms with Crippen LogP contribution in [0.2, 0.25) is 0 Å². The maximum absolute atomic E-state index is 13.4. The summed E-state index contributed by atoms with van der Waals surface area (Å²) in [6, 6.07) is 5.58. The highest BCUT2D eigenvalue weighted by molar-refractivity contribution is 5.68. The Labute approximate surface area is 228 Å². The second-order valence-corrected chi connectivity index (χ2v) is 10.2. The number of hydrogen-bond acceptors (Lipinski definition) is 8. The predicted octanol–water partition coefficient (Wildman–Crippen LogP) is 5.31. The Balaban J connectivity index is 1.29. The first-order valence-electron chi connectivity index (χ1n) is 13.1. The maximum atomic E-state index is 13.4. The van der Waals surface area contributed by atoms with Crippen LogP contribution in [0.4, 0.5) is 19.0 Å². The van der Waals surface area contributed by atoms with Crippen molar-refractivity contribution >= 4 is 5.82 Å². The molecule has 0 amide bonds. The molecule has 1 saturated carbocycles. The molecule has 1 atom stereocenters. The van der Waals surface area contributed by atoms with Gasteiger partial charge in [0, 0.05) is 42.0 Å². The SMILES string of the molecule is COc1ncnc(C2CC2)c1-c1ncc(CO)c(NCc2ccc3c(c2)CCC(C)n2cc(C(F)(F)F)nc2-3)n1. The molecular weight excluding hydrogens is 523 g/mol. The molecule has 4 aromatic rings. The first kappa shape index (κ1) is 26.2. The number of aryl methyl sites for hydroxylation is 1. The standard InChI is InChI=1S/C28H28F3N7O2/c1-15-3-5-18-9-16(4-8-20(18)26-36-21(12-38(15)26)28(29,30)31)10-32-24-19(13-39)11-33-25(37-24)22-23(17-6-7-17)34-14-35-27(22)40-2/h4,8-9,11-12,14-15,17,39H,3,5-7,10,13H2,1-2H3,(H,32,33,37). The lowest BCUT2D eigenvalue weighted by atomic mass is 9.99. The van der Waals surface area contributed by atoms with Gasteiger partial charge in [-0.15, -0.1) is 0 Å². The molecule has 2 N–H and O–H groups in total. The van der Waals surface area contributed by atoms with Crippen LogP contribution in [0.1, 0.15) is 66.2 Å². The molecule has 40 heavy (non-hydrogen) atoms. The Kier molecular flexibility index (Phi) is 6.65. The van der Waals surface area contributed by atoms with Crippen LogP contribution in [0.25, 0.3) is 22.8 Å². The fraction of sp³-hybridized carbons (Fsp3) is 0.393. The van der Waals surface area contributed by atoms with Gasteiger partial charge in [-0.3, -0.25) is 0 Å². The van der Waals surface area contributed by atoms with E-state index in [9.17, 15) is 18.3 Å². The Bertz CT molecular complexity index is 1570. The highest BCUT2D eigenvalue weighted by atomic mass is 19.4. The van der Waals surface area contributed by atoms with Crippen molar-refractivity contribution in [1.29, 1.82) is 0 Å². The maximum Gasteiger partial charge on any atom is 0.434 e. The number of imidazole rings is 1. The first-order valence-corrected chi connectivity index (χ1v) is 13.1. The van der Waals surface area contributed by atoms with E-state index in [1.54, 1.807) is 17.9 Å². The smallest absolute Gasteiger partial charge is 0.434 e. The number of benzene rings is 1.